The van der Waals surface area contributed by atoms with E-state index in [1.54, 1.807) is 0 Å². The summed E-state index contributed by atoms with van der Waals surface area (Å²) in [6.07, 6.45) is 8.04. The fraction of sp³-hybridized carbons (Fsp3) is 0.696. The molecule has 0 saturated heterocycles. The van der Waals surface area contributed by atoms with Crippen LogP contribution in [0.4, 0.5) is 0 Å². The molecule has 114 heavy (non-hydrogen) atoms. The Morgan fingerprint density at radius 1 is 0.377 bits per heavy atom. The number of imidazole rings is 1. The topological polar surface area (TPSA) is 784 Å². The number of amides is 13. The minimum atomic E-state index is -2.06. The molecule has 0 aliphatic rings. The zero-order chi connectivity index (χ0) is 85.8. The maximum atomic E-state index is 14.8. The van der Waals surface area contributed by atoms with E-state index in [0.29, 0.717) is 6.42 Å². The molecular formula is C69H122N24O21. The van der Waals surface area contributed by atoms with Crippen LogP contribution in [0.25, 0.3) is 0 Å². The maximum absolute atomic E-state index is 14.8. The lowest BCUT2D eigenvalue weighted by Gasteiger charge is -2.29. The van der Waals surface area contributed by atoms with E-state index < -0.39 is 219 Å². The Hall–Kier alpha value is -11.1. The van der Waals surface area contributed by atoms with E-state index >= 15 is 0 Å². The van der Waals surface area contributed by atoms with Crippen LogP contribution < -0.4 is 104 Å². The number of carboxylic acid groups (broad SMARTS) is 2. The average Bonchev–Trinajstić information content (AvgIpc) is 0.935. The maximum Gasteiger partial charge on any atom is 0.303 e. The highest BCUT2D eigenvalue weighted by Gasteiger charge is 2.38. The Labute approximate surface area is 660 Å². The number of nitrogens with zero attached hydrogens (tertiary/aromatic N) is 4. The second-order valence-electron chi connectivity index (χ2n) is 27.3. The second-order valence-corrected chi connectivity index (χ2v) is 27.3. The number of carbonyl (C=O) groups is 15. The van der Waals surface area contributed by atoms with Crippen LogP contribution in [0, 0.1) is 0 Å². The molecule has 1 aromatic heterocycles. The zero-order valence-corrected chi connectivity index (χ0v) is 65.0. The Morgan fingerprint density at radius 2 is 0.684 bits per heavy atom. The van der Waals surface area contributed by atoms with Crippen LogP contribution in [0.3, 0.4) is 0 Å². The summed E-state index contributed by atoms with van der Waals surface area (Å²) in [5, 5.41) is 86.2. The number of carbonyl (C=O) groups excluding carboxylic acids is 13. The third kappa shape index (κ3) is 44.2. The van der Waals surface area contributed by atoms with Crippen molar-refractivity contribution >= 4 is 107 Å². The number of guanidine groups is 3. The Kier molecular flexibility index (Phi) is 50.5. The summed E-state index contributed by atoms with van der Waals surface area (Å²) in [6.45, 7) is 1.38. The number of aromatic nitrogens is 2. The van der Waals surface area contributed by atoms with Crippen molar-refractivity contribution in [3.8, 4) is 0 Å². The van der Waals surface area contributed by atoms with Gasteiger partial charge in [-0.05, 0) is 78.1 Å². The average molecular weight is 1620 g/mol. The molecule has 0 spiro atoms. The van der Waals surface area contributed by atoms with Gasteiger partial charge in [-0.3, -0.25) is 86.9 Å². The third-order valence-electron chi connectivity index (χ3n) is 17.5. The molecule has 0 aliphatic heterocycles. The Bertz CT molecular complexity index is 3310. The predicted molar refractivity (Wildman–Crippen MR) is 412 cm³/mol. The summed E-state index contributed by atoms with van der Waals surface area (Å²) in [6, 6.07) is -19.6. The lowest BCUT2D eigenvalue weighted by molar-refractivity contribution is -0.139. The lowest BCUT2D eigenvalue weighted by atomic mass is 10.0. The molecule has 644 valence electrons. The Morgan fingerprint density at radius 3 is 1.04 bits per heavy atom. The number of H-pyrrole nitrogens is 1. The SMILES string of the molecule is CCCCCCCCCCCCCCCC(=O)NC(CCC(=O)O)C(=O)NC(CCCN=C(N)N)C(=O)NC(Cc1cnc[nH]1)C(=O)NC(CCCN=C(N)N)C(=O)NC(CCC(N)=O)C(=O)NC(C(=O)NC(CCCN=C(N)N)C(=O)NC(CO)C(=O)NC(CO)C(=O)NC(C(=O)NC(CCC(=O)O)C(N)=O)C(C)O)C(C)O. The summed E-state index contributed by atoms with van der Waals surface area (Å²) in [5.74, 6) is -18.4. The first kappa shape index (κ1) is 101. The molecule has 13 unspecified atom stereocenters. The number of aliphatic hydroxyl groups excluding tert-OH is 4. The molecule has 13 atom stereocenters. The van der Waals surface area contributed by atoms with E-state index in [1.165, 1.54) is 57.5 Å². The Balaban J connectivity index is 3.68. The molecule has 1 aromatic rings. The highest BCUT2D eigenvalue weighted by molar-refractivity contribution is 6.00. The van der Waals surface area contributed by atoms with Gasteiger partial charge in [-0.15, -0.1) is 0 Å². The molecular weight excluding hydrogens is 1500 g/mol. The zero-order valence-electron chi connectivity index (χ0n) is 65.0. The molecule has 0 aliphatic carbocycles. The molecule has 1 rings (SSSR count). The van der Waals surface area contributed by atoms with Crippen molar-refractivity contribution in [2.75, 3.05) is 32.8 Å². The van der Waals surface area contributed by atoms with Crippen LogP contribution in [0.2, 0.25) is 0 Å². The fourth-order valence-electron chi connectivity index (χ4n) is 11.2. The number of aliphatic imine (C=N–C) groups is 3. The molecule has 13 amide bonds. The van der Waals surface area contributed by atoms with Crippen LogP contribution in [-0.4, -0.2) is 259 Å². The number of hydrogen-bond acceptors (Lipinski definition) is 23. The van der Waals surface area contributed by atoms with Gasteiger partial charge >= 0.3 is 11.9 Å². The van der Waals surface area contributed by atoms with Gasteiger partial charge in [0.15, 0.2) is 17.9 Å². The largest absolute Gasteiger partial charge is 0.481 e. The van der Waals surface area contributed by atoms with Gasteiger partial charge in [0.25, 0.3) is 0 Å². The van der Waals surface area contributed by atoms with Crippen molar-refractivity contribution in [1.82, 2.24) is 68.5 Å². The van der Waals surface area contributed by atoms with E-state index in [9.17, 15) is 97.5 Å². The second kappa shape index (κ2) is 57.0. The summed E-state index contributed by atoms with van der Waals surface area (Å²) in [7, 11) is 0. The first-order valence-electron chi connectivity index (χ1n) is 38.0. The number of unbranched alkanes of at least 4 members (excludes halogenated alkanes) is 12. The first-order chi connectivity index (χ1) is 53.9. The van der Waals surface area contributed by atoms with Crippen LogP contribution in [-0.2, 0) is 78.3 Å². The van der Waals surface area contributed by atoms with Gasteiger partial charge in [0.2, 0.25) is 76.8 Å². The van der Waals surface area contributed by atoms with Gasteiger partial charge in [-0.1, -0.05) is 84.0 Å². The smallest absolute Gasteiger partial charge is 0.303 e. The van der Waals surface area contributed by atoms with E-state index in [2.05, 4.69) is 85.0 Å². The van der Waals surface area contributed by atoms with E-state index in [0.717, 1.165) is 46.0 Å². The molecule has 45 heteroatoms. The van der Waals surface area contributed by atoms with Crippen molar-refractivity contribution in [3.05, 3.63) is 18.2 Å². The van der Waals surface area contributed by atoms with Gasteiger partial charge in [0, 0.05) is 63.6 Å². The number of rotatable bonds is 63. The van der Waals surface area contributed by atoms with Crippen LogP contribution in [0.1, 0.15) is 193 Å². The van der Waals surface area contributed by atoms with E-state index in [4.69, 9.17) is 51.0 Å². The highest BCUT2D eigenvalue weighted by Crippen LogP contribution is 2.16. The molecule has 0 fully saturated rings. The number of nitrogens with two attached hydrogens (primary N) is 8. The van der Waals surface area contributed by atoms with Crippen molar-refractivity contribution < 1.29 is 103 Å². The number of hydrogen-bond donors (Lipinski definition) is 26. The molecule has 0 saturated carbocycles. The van der Waals surface area contributed by atoms with Crippen molar-refractivity contribution in [2.24, 2.45) is 60.8 Å². The first-order valence-corrected chi connectivity index (χ1v) is 38.0. The fourth-order valence-corrected chi connectivity index (χ4v) is 11.2. The number of carboxylic acids is 2. The number of nitrogens with one attached hydrogen (secondary N) is 12. The van der Waals surface area contributed by atoms with Gasteiger partial charge in [-0.2, -0.15) is 0 Å². The molecule has 0 aromatic carbocycles. The van der Waals surface area contributed by atoms with Gasteiger partial charge in [-0.25, -0.2) is 4.98 Å². The number of primary amides is 2. The van der Waals surface area contributed by atoms with Gasteiger partial charge in [0.05, 0.1) is 31.7 Å². The van der Waals surface area contributed by atoms with Crippen LogP contribution >= 0.6 is 0 Å². The predicted octanol–water partition coefficient (Wildman–Crippen LogP) is -7.85. The van der Waals surface area contributed by atoms with E-state index in [1.807, 2.05) is 5.32 Å². The number of aromatic amines is 1. The molecule has 0 radical (unpaired) electrons. The number of aliphatic hydroxyl groups is 4. The molecule has 34 N–H and O–H groups in total. The van der Waals surface area contributed by atoms with Crippen molar-refractivity contribution in [1.29, 1.82) is 0 Å². The number of aliphatic carboxylic acids is 2. The van der Waals surface area contributed by atoms with Crippen LogP contribution in [0.15, 0.2) is 27.5 Å². The summed E-state index contributed by atoms with van der Waals surface area (Å²) in [4.78, 5) is 220. The van der Waals surface area contributed by atoms with E-state index in [-0.39, 0.29) is 94.6 Å². The molecule has 1 heterocycles. The summed E-state index contributed by atoms with van der Waals surface area (Å²) in [5.41, 5.74) is 44.2. The normalized spacial score (nSPS) is 14.4. The molecule has 0 bridgehead atoms. The molecule has 45 nitrogen and oxygen atoms in total. The van der Waals surface area contributed by atoms with Gasteiger partial charge < -0.3 is 140 Å². The highest BCUT2D eigenvalue weighted by atomic mass is 16.4. The van der Waals surface area contributed by atoms with Crippen molar-refractivity contribution in [2.45, 2.75) is 273 Å². The lowest BCUT2D eigenvalue weighted by Crippen LogP contribution is -2.63. The summed E-state index contributed by atoms with van der Waals surface area (Å²) < 4.78 is 0. The quantitative estimate of drug-likeness (QED) is 0.0164. The monoisotopic (exact) mass is 1620 g/mol. The van der Waals surface area contributed by atoms with Gasteiger partial charge in [0.1, 0.15) is 66.5 Å². The minimum absolute atomic E-state index is 0.0244. The standard InChI is InChI=1S/C69H122N24O21/c1-4-5-6-7-8-9-10-11-12-13-14-15-16-23-51(99)83-45(26-29-53(102)103)60(108)85-43(21-18-31-80-68(74)75)58(106)89-47(33-40-34-78-37-82-40)62(110)86-42(20-17-30-79-67(72)73)57(105)87-46(24-27-50(70)98)61(109)92-55(39(3)97)66(114)88-44(22-19-32-81-69(76)77)59(107)90-48(35-94)63(111)91-49(36-95)64(112)93-54(38(2)96)65(113)84-41(56(71)104)25-28-52(100)101/h34,37-39,41-49,54-55,94-97H,4-33,35-36H2,1-3H3,(H2,70,98)(H2,71,104)(H,78,82)(H,83,99)(H,84,113)(H,85,108)(H,86,110)(H,87,105)(H,88,114)(H,89,106)(H,90,107)(H,91,111)(H,92,109)(H,93,112)(H,100,101)(H,102,103)(H4,72,73,79)(H4,74,75,80)(H4,76,77,81). The summed E-state index contributed by atoms with van der Waals surface area (Å²) >= 11 is 0. The van der Waals surface area contributed by atoms with Crippen molar-refractivity contribution in [3.63, 3.8) is 0 Å². The third-order valence-corrected chi connectivity index (χ3v) is 17.5. The minimum Gasteiger partial charge on any atom is -0.481 e. The van der Waals surface area contributed by atoms with Crippen LogP contribution in [0.5, 0.6) is 0 Å².